The molecule has 1 aliphatic carbocycles. The van der Waals surface area contributed by atoms with Gasteiger partial charge in [0.2, 0.25) is 0 Å². The molecule has 17 heavy (non-hydrogen) atoms. The van der Waals surface area contributed by atoms with Crippen molar-refractivity contribution in [2.45, 2.75) is 37.2 Å². The van der Waals surface area contributed by atoms with E-state index >= 15 is 0 Å². The van der Waals surface area contributed by atoms with E-state index in [4.69, 9.17) is 0 Å². The maximum atomic E-state index is 13.3. The molecule has 1 aromatic rings. The molecule has 1 aliphatic rings. The quantitative estimate of drug-likeness (QED) is 0.845. The molecule has 2 N–H and O–H groups in total. The topological polar surface area (TPSA) is 32.3 Å². The maximum absolute atomic E-state index is 13.3. The van der Waals surface area contributed by atoms with Crippen molar-refractivity contribution in [1.29, 1.82) is 0 Å². The summed E-state index contributed by atoms with van der Waals surface area (Å²) in [6.45, 7) is 0.836. The van der Waals surface area contributed by atoms with E-state index in [9.17, 15) is 9.50 Å². The van der Waals surface area contributed by atoms with Gasteiger partial charge >= 0.3 is 0 Å². The van der Waals surface area contributed by atoms with E-state index in [-0.39, 0.29) is 17.3 Å². The lowest BCUT2D eigenvalue weighted by Gasteiger charge is -2.39. The number of nitrogens with one attached hydrogen (secondary N) is 1. The highest BCUT2D eigenvalue weighted by atomic mass is 19.1. The van der Waals surface area contributed by atoms with Crippen molar-refractivity contribution in [2.75, 3.05) is 13.6 Å². The molecule has 94 valence electrons. The van der Waals surface area contributed by atoms with Gasteiger partial charge in [-0.1, -0.05) is 12.1 Å². The molecular weight excluding hydrogens is 217 g/mol. The van der Waals surface area contributed by atoms with Crippen LogP contribution in [0.25, 0.3) is 0 Å². The smallest absolute Gasteiger partial charge is 0.123 e. The minimum absolute atomic E-state index is 0.0178. The van der Waals surface area contributed by atoms with Crippen LogP contribution in [0.4, 0.5) is 4.39 Å². The van der Waals surface area contributed by atoms with Crippen molar-refractivity contribution in [3.05, 3.63) is 35.6 Å². The van der Waals surface area contributed by atoms with Crippen LogP contribution in [0.1, 0.15) is 31.2 Å². The third-order valence-electron chi connectivity index (χ3n) is 3.86. The van der Waals surface area contributed by atoms with Crippen molar-refractivity contribution in [3.8, 4) is 0 Å². The molecule has 0 unspecified atom stereocenters. The minimum atomic E-state index is -0.187. The first-order valence-corrected chi connectivity index (χ1v) is 6.25. The van der Waals surface area contributed by atoms with Gasteiger partial charge in [0.15, 0.2) is 0 Å². The molecule has 1 saturated carbocycles. The first-order valence-electron chi connectivity index (χ1n) is 6.25. The van der Waals surface area contributed by atoms with Gasteiger partial charge in [-0.2, -0.15) is 0 Å². The molecule has 1 fully saturated rings. The van der Waals surface area contributed by atoms with Crippen LogP contribution in [-0.4, -0.2) is 24.8 Å². The van der Waals surface area contributed by atoms with Gasteiger partial charge in [-0.05, 0) is 50.4 Å². The number of benzene rings is 1. The van der Waals surface area contributed by atoms with E-state index in [1.165, 1.54) is 6.07 Å². The van der Waals surface area contributed by atoms with Crippen LogP contribution in [0, 0.1) is 5.82 Å². The Labute approximate surface area is 102 Å². The first-order chi connectivity index (χ1) is 8.16. The summed E-state index contributed by atoms with van der Waals surface area (Å²) in [6.07, 6.45) is 3.25. The Hall–Kier alpha value is -0.930. The summed E-state index contributed by atoms with van der Waals surface area (Å²) < 4.78 is 13.3. The van der Waals surface area contributed by atoms with Crippen molar-refractivity contribution < 1.29 is 9.50 Å². The van der Waals surface area contributed by atoms with E-state index in [1.54, 1.807) is 12.1 Å². The molecule has 1 aromatic carbocycles. The number of aliphatic hydroxyl groups is 1. The lowest BCUT2D eigenvalue weighted by Crippen LogP contribution is -2.41. The van der Waals surface area contributed by atoms with Gasteiger partial charge in [-0.3, -0.25) is 0 Å². The average Bonchev–Trinajstić information content (AvgIpc) is 2.33. The normalized spacial score (nSPS) is 29.2. The number of hydrogen-bond donors (Lipinski definition) is 2. The molecule has 0 aliphatic heterocycles. The van der Waals surface area contributed by atoms with Crippen molar-refractivity contribution in [3.63, 3.8) is 0 Å². The summed E-state index contributed by atoms with van der Waals surface area (Å²) in [5, 5.41) is 12.8. The standard InChI is InChI=1S/C14H20FNO/c1-16-10-14(7-5-13(17)6-8-14)11-3-2-4-12(15)9-11/h2-4,9,13,16-17H,5-8,10H2,1H3. The van der Waals surface area contributed by atoms with E-state index in [1.807, 2.05) is 13.1 Å². The number of rotatable bonds is 3. The van der Waals surface area contributed by atoms with Gasteiger partial charge < -0.3 is 10.4 Å². The molecular formula is C14H20FNO. The van der Waals surface area contributed by atoms with Gasteiger partial charge in [0.1, 0.15) is 5.82 Å². The Morgan fingerprint density at radius 2 is 2.12 bits per heavy atom. The fourth-order valence-corrected chi connectivity index (χ4v) is 2.88. The van der Waals surface area contributed by atoms with E-state index in [2.05, 4.69) is 5.32 Å². The van der Waals surface area contributed by atoms with Gasteiger partial charge in [0, 0.05) is 12.0 Å². The van der Waals surface area contributed by atoms with Gasteiger partial charge in [0.25, 0.3) is 0 Å². The van der Waals surface area contributed by atoms with Crippen LogP contribution in [0.3, 0.4) is 0 Å². The second kappa shape index (κ2) is 5.15. The first kappa shape index (κ1) is 12.5. The predicted molar refractivity (Wildman–Crippen MR) is 66.5 cm³/mol. The Morgan fingerprint density at radius 1 is 1.41 bits per heavy atom. The van der Waals surface area contributed by atoms with Crippen LogP contribution >= 0.6 is 0 Å². The number of hydrogen-bond acceptors (Lipinski definition) is 2. The van der Waals surface area contributed by atoms with Crippen LogP contribution in [0.2, 0.25) is 0 Å². The van der Waals surface area contributed by atoms with Crippen molar-refractivity contribution in [1.82, 2.24) is 5.32 Å². The van der Waals surface area contributed by atoms with Crippen LogP contribution < -0.4 is 5.32 Å². The second-order valence-electron chi connectivity index (χ2n) is 5.05. The summed E-state index contributed by atoms with van der Waals surface area (Å²) in [7, 11) is 1.92. The number of aliphatic hydroxyl groups excluding tert-OH is 1. The summed E-state index contributed by atoms with van der Waals surface area (Å²) in [4.78, 5) is 0. The number of likely N-dealkylation sites (N-methyl/N-ethyl adjacent to an activating group) is 1. The molecule has 3 heteroatoms. The van der Waals surface area contributed by atoms with Crippen LogP contribution in [-0.2, 0) is 5.41 Å². The van der Waals surface area contributed by atoms with Crippen molar-refractivity contribution >= 4 is 0 Å². The Balaban J connectivity index is 2.27. The molecule has 0 heterocycles. The fraction of sp³-hybridized carbons (Fsp3) is 0.571. The van der Waals surface area contributed by atoms with E-state index in [0.29, 0.717) is 0 Å². The lowest BCUT2D eigenvalue weighted by atomic mass is 9.68. The summed E-state index contributed by atoms with van der Waals surface area (Å²) in [6, 6.07) is 6.88. The highest BCUT2D eigenvalue weighted by Gasteiger charge is 2.35. The molecule has 0 radical (unpaired) electrons. The Bertz CT molecular complexity index is 372. The Morgan fingerprint density at radius 3 is 2.71 bits per heavy atom. The van der Waals surface area contributed by atoms with Crippen molar-refractivity contribution in [2.24, 2.45) is 0 Å². The summed E-state index contributed by atoms with van der Waals surface area (Å²) in [5.74, 6) is -0.177. The third kappa shape index (κ3) is 2.67. The molecule has 0 aromatic heterocycles. The summed E-state index contributed by atoms with van der Waals surface area (Å²) >= 11 is 0. The van der Waals surface area contributed by atoms with Gasteiger partial charge in [0.05, 0.1) is 6.10 Å². The molecule has 0 atom stereocenters. The predicted octanol–water partition coefficient (Wildman–Crippen LogP) is 2.22. The zero-order chi connectivity index (χ0) is 12.3. The minimum Gasteiger partial charge on any atom is -0.393 e. The fourth-order valence-electron chi connectivity index (χ4n) is 2.88. The zero-order valence-electron chi connectivity index (χ0n) is 10.2. The summed E-state index contributed by atoms with van der Waals surface area (Å²) in [5.41, 5.74) is 1.04. The molecule has 0 spiro atoms. The lowest BCUT2D eigenvalue weighted by molar-refractivity contribution is 0.0951. The monoisotopic (exact) mass is 237 g/mol. The van der Waals surface area contributed by atoms with Gasteiger partial charge in [-0.25, -0.2) is 4.39 Å². The van der Waals surface area contributed by atoms with E-state index < -0.39 is 0 Å². The Kier molecular flexibility index (Phi) is 3.79. The molecule has 2 nitrogen and oxygen atoms in total. The van der Waals surface area contributed by atoms with Crippen LogP contribution in [0.5, 0.6) is 0 Å². The van der Waals surface area contributed by atoms with Crippen LogP contribution in [0.15, 0.2) is 24.3 Å². The zero-order valence-corrected chi connectivity index (χ0v) is 10.2. The third-order valence-corrected chi connectivity index (χ3v) is 3.86. The average molecular weight is 237 g/mol. The molecule has 0 amide bonds. The maximum Gasteiger partial charge on any atom is 0.123 e. The highest BCUT2D eigenvalue weighted by molar-refractivity contribution is 5.27. The van der Waals surface area contributed by atoms with E-state index in [0.717, 1.165) is 37.8 Å². The molecule has 0 bridgehead atoms. The SMILES string of the molecule is CNCC1(c2cccc(F)c2)CCC(O)CC1. The molecule has 2 rings (SSSR count). The van der Waals surface area contributed by atoms with Gasteiger partial charge in [-0.15, -0.1) is 0 Å². The highest BCUT2D eigenvalue weighted by Crippen LogP contribution is 2.39. The molecule has 0 saturated heterocycles. The second-order valence-corrected chi connectivity index (χ2v) is 5.05. The number of halogens is 1. The largest absolute Gasteiger partial charge is 0.393 e.